The second kappa shape index (κ2) is 7.32. The number of pyridine rings is 1. The third kappa shape index (κ3) is 3.55. The number of amides is 1. The van der Waals surface area contributed by atoms with Gasteiger partial charge < -0.3 is 10.1 Å². The van der Waals surface area contributed by atoms with Crippen molar-refractivity contribution in [3.63, 3.8) is 0 Å². The summed E-state index contributed by atoms with van der Waals surface area (Å²) in [7, 11) is 1.27. The van der Waals surface area contributed by atoms with Gasteiger partial charge in [0.05, 0.1) is 23.4 Å². The molecule has 3 rings (SSSR count). The van der Waals surface area contributed by atoms with Crippen LogP contribution in [0.15, 0.2) is 42.6 Å². The topological polar surface area (TPSA) is 99.0 Å². The standard InChI is InChI=1S/C17H14ClN5O3/c1-10-20-15(22-23(10)13-6-4-3-5-12(13)18)16(24)21-14-9-11(7-8-19-14)17(25)26-2/h3-9H,1-2H3,(H,19,21,24). The summed E-state index contributed by atoms with van der Waals surface area (Å²) in [5.41, 5.74) is 0.882. The molecule has 0 radical (unpaired) electrons. The second-order valence-corrected chi connectivity index (χ2v) is 5.63. The van der Waals surface area contributed by atoms with Gasteiger partial charge in [0, 0.05) is 6.20 Å². The summed E-state index contributed by atoms with van der Waals surface area (Å²) in [5.74, 6) is -0.454. The molecule has 3 aromatic rings. The zero-order chi connectivity index (χ0) is 18.7. The highest BCUT2D eigenvalue weighted by Gasteiger charge is 2.17. The van der Waals surface area contributed by atoms with Gasteiger partial charge in [-0.05, 0) is 31.2 Å². The molecule has 0 spiro atoms. The number of anilines is 1. The molecule has 1 amide bonds. The molecule has 0 saturated carbocycles. The normalized spacial score (nSPS) is 10.4. The maximum atomic E-state index is 12.4. The number of esters is 1. The number of methoxy groups -OCH3 is 1. The van der Waals surface area contributed by atoms with E-state index in [2.05, 4.69) is 25.1 Å². The van der Waals surface area contributed by atoms with E-state index in [1.807, 2.05) is 6.07 Å². The van der Waals surface area contributed by atoms with Crippen molar-refractivity contribution in [1.82, 2.24) is 19.7 Å². The number of aryl methyl sites for hydroxylation is 1. The number of para-hydroxylation sites is 1. The number of nitrogens with one attached hydrogen (secondary N) is 1. The first kappa shape index (κ1) is 17.6. The minimum atomic E-state index is -0.562. The third-order valence-corrected chi connectivity index (χ3v) is 3.79. The molecule has 0 bridgehead atoms. The molecular weight excluding hydrogens is 358 g/mol. The fourth-order valence-corrected chi connectivity index (χ4v) is 2.47. The van der Waals surface area contributed by atoms with Crippen molar-refractivity contribution in [3.8, 4) is 5.69 Å². The molecule has 0 aliphatic heterocycles. The third-order valence-electron chi connectivity index (χ3n) is 3.48. The lowest BCUT2D eigenvalue weighted by molar-refractivity contribution is 0.0600. The number of hydrogen-bond acceptors (Lipinski definition) is 6. The molecule has 26 heavy (non-hydrogen) atoms. The molecule has 0 aliphatic carbocycles. The largest absolute Gasteiger partial charge is 0.465 e. The molecule has 132 valence electrons. The Labute approximate surface area is 153 Å². The number of rotatable bonds is 4. The van der Waals surface area contributed by atoms with E-state index >= 15 is 0 Å². The first-order chi connectivity index (χ1) is 12.5. The van der Waals surface area contributed by atoms with Crippen LogP contribution in [-0.4, -0.2) is 38.7 Å². The molecule has 1 N–H and O–H groups in total. The van der Waals surface area contributed by atoms with Crippen LogP contribution in [0.3, 0.4) is 0 Å². The molecule has 0 unspecified atom stereocenters. The molecule has 9 heteroatoms. The van der Waals surface area contributed by atoms with Gasteiger partial charge >= 0.3 is 5.97 Å². The molecule has 2 aromatic heterocycles. The van der Waals surface area contributed by atoms with Crippen molar-refractivity contribution in [1.29, 1.82) is 0 Å². The van der Waals surface area contributed by atoms with E-state index in [0.717, 1.165) is 0 Å². The molecule has 0 aliphatic rings. The smallest absolute Gasteiger partial charge is 0.338 e. The summed E-state index contributed by atoms with van der Waals surface area (Å²) < 4.78 is 6.12. The maximum Gasteiger partial charge on any atom is 0.338 e. The SMILES string of the molecule is COC(=O)c1ccnc(NC(=O)c2nc(C)n(-c3ccccc3Cl)n2)c1. The number of nitrogens with zero attached hydrogens (tertiary/aromatic N) is 4. The number of hydrogen-bond donors (Lipinski definition) is 1. The maximum absolute atomic E-state index is 12.4. The molecular formula is C17H14ClN5O3. The number of carbonyl (C=O) groups excluding carboxylic acids is 2. The predicted octanol–water partition coefficient (Wildman–Crippen LogP) is 2.66. The van der Waals surface area contributed by atoms with Crippen molar-refractivity contribution < 1.29 is 14.3 Å². The van der Waals surface area contributed by atoms with Gasteiger partial charge in [-0.3, -0.25) is 4.79 Å². The summed E-state index contributed by atoms with van der Waals surface area (Å²) >= 11 is 6.17. The van der Waals surface area contributed by atoms with Crippen LogP contribution in [0, 0.1) is 6.92 Å². The Morgan fingerprint density at radius 3 is 2.73 bits per heavy atom. The van der Waals surface area contributed by atoms with Gasteiger partial charge in [0.25, 0.3) is 5.91 Å². The van der Waals surface area contributed by atoms with Crippen LogP contribution in [0.2, 0.25) is 5.02 Å². The van der Waals surface area contributed by atoms with Crippen molar-refractivity contribution in [2.75, 3.05) is 12.4 Å². The summed E-state index contributed by atoms with van der Waals surface area (Å²) in [6, 6.07) is 9.99. The van der Waals surface area contributed by atoms with Crippen LogP contribution < -0.4 is 5.32 Å². The van der Waals surface area contributed by atoms with Gasteiger partial charge in [-0.15, -0.1) is 5.10 Å². The van der Waals surface area contributed by atoms with E-state index in [4.69, 9.17) is 11.6 Å². The van der Waals surface area contributed by atoms with E-state index in [9.17, 15) is 9.59 Å². The Hall–Kier alpha value is -3.26. The first-order valence-corrected chi connectivity index (χ1v) is 7.91. The minimum Gasteiger partial charge on any atom is -0.465 e. The van der Waals surface area contributed by atoms with Gasteiger partial charge in [0.1, 0.15) is 11.6 Å². The van der Waals surface area contributed by atoms with Crippen LogP contribution >= 0.6 is 11.6 Å². The first-order valence-electron chi connectivity index (χ1n) is 7.54. The minimum absolute atomic E-state index is 0.0484. The summed E-state index contributed by atoms with van der Waals surface area (Å²) in [6.07, 6.45) is 1.39. The Morgan fingerprint density at radius 1 is 1.23 bits per heavy atom. The van der Waals surface area contributed by atoms with Crippen LogP contribution in [-0.2, 0) is 4.74 Å². The van der Waals surface area contributed by atoms with Crippen LogP contribution in [0.1, 0.15) is 26.8 Å². The molecule has 2 heterocycles. The number of benzene rings is 1. The number of carbonyl (C=O) groups is 2. The average Bonchev–Trinajstić information content (AvgIpc) is 3.03. The van der Waals surface area contributed by atoms with Gasteiger partial charge in [0.15, 0.2) is 0 Å². The second-order valence-electron chi connectivity index (χ2n) is 5.22. The van der Waals surface area contributed by atoms with E-state index in [-0.39, 0.29) is 17.2 Å². The van der Waals surface area contributed by atoms with Crippen LogP contribution in [0.5, 0.6) is 0 Å². The lowest BCUT2D eigenvalue weighted by atomic mass is 10.2. The highest BCUT2D eigenvalue weighted by Crippen LogP contribution is 2.20. The summed E-state index contributed by atoms with van der Waals surface area (Å²) in [4.78, 5) is 32.1. The molecule has 0 atom stereocenters. The Bertz CT molecular complexity index is 986. The van der Waals surface area contributed by atoms with Gasteiger partial charge in [0.2, 0.25) is 5.82 Å². The van der Waals surface area contributed by atoms with Gasteiger partial charge in [-0.1, -0.05) is 23.7 Å². The highest BCUT2D eigenvalue weighted by molar-refractivity contribution is 6.32. The van der Waals surface area contributed by atoms with E-state index < -0.39 is 11.9 Å². The molecule has 8 nitrogen and oxygen atoms in total. The van der Waals surface area contributed by atoms with E-state index in [0.29, 0.717) is 16.5 Å². The Kier molecular flexibility index (Phi) is 4.94. The lowest BCUT2D eigenvalue weighted by Gasteiger charge is -2.05. The highest BCUT2D eigenvalue weighted by atomic mass is 35.5. The van der Waals surface area contributed by atoms with Crippen molar-refractivity contribution >= 4 is 29.3 Å². The number of ether oxygens (including phenoxy) is 1. The van der Waals surface area contributed by atoms with Gasteiger partial charge in [-0.25, -0.2) is 19.4 Å². The molecule has 0 fully saturated rings. The van der Waals surface area contributed by atoms with Crippen molar-refractivity contribution in [2.24, 2.45) is 0 Å². The number of halogens is 1. The quantitative estimate of drug-likeness (QED) is 0.708. The van der Waals surface area contributed by atoms with Crippen LogP contribution in [0.4, 0.5) is 5.82 Å². The summed E-state index contributed by atoms with van der Waals surface area (Å²) in [6.45, 7) is 1.71. The fourth-order valence-electron chi connectivity index (χ4n) is 2.25. The molecule has 1 aromatic carbocycles. The monoisotopic (exact) mass is 371 g/mol. The summed E-state index contributed by atoms with van der Waals surface area (Å²) in [5, 5.41) is 7.24. The zero-order valence-corrected chi connectivity index (χ0v) is 14.7. The molecule has 0 saturated heterocycles. The van der Waals surface area contributed by atoms with E-state index in [1.54, 1.807) is 25.1 Å². The average molecular weight is 372 g/mol. The van der Waals surface area contributed by atoms with Crippen LogP contribution in [0.25, 0.3) is 5.69 Å². The van der Waals surface area contributed by atoms with Crippen molar-refractivity contribution in [2.45, 2.75) is 6.92 Å². The Morgan fingerprint density at radius 2 is 2.00 bits per heavy atom. The zero-order valence-electron chi connectivity index (χ0n) is 13.9. The fraction of sp³-hybridized carbons (Fsp3) is 0.118. The Balaban J connectivity index is 1.85. The predicted molar refractivity (Wildman–Crippen MR) is 94.6 cm³/mol. The lowest BCUT2D eigenvalue weighted by Crippen LogP contribution is -2.16. The number of aromatic nitrogens is 4. The van der Waals surface area contributed by atoms with E-state index in [1.165, 1.54) is 30.1 Å². The van der Waals surface area contributed by atoms with Crippen molar-refractivity contribution in [3.05, 3.63) is 64.8 Å². The van der Waals surface area contributed by atoms with Gasteiger partial charge in [-0.2, -0.15) is 0 Å².